The second-order valence-corrected chi connectivity index (χ2v) is 17.1. The first kappa shape index (κ1) is 36.5. The van der Waals surface area contributed by atoms with Crippen LogP contribution in [0.4, 0.5) is 17.1 Å². The van der Waals surface area contributed by atoms with Gasteiger partial charge in [0.15, 0.2) is 0 Å². The second-order valence-electron chi connectivity index (χ2n) is 17.1. The number of rotatable bonds is 3. The van der Waals surface area contributed by atoms with Crippen LogP contribution in [0.1, 0.15) is 0 Å². The van der Waals surface area contributed by atoms with Crippen molar-refractivity contribution in [1.82, 2.24) is 4.57 Å². The van der Waals surface area contributed by atoms with Gasteiger partial charge in [-0.25, -0.2) is 0 Å². The standard InChI is InChI=1S/C61H36N2O3/c64-61-50-21-5-4-17-42(50)46-24-14-25-47-52-36-38(41-23-13-27-49-45-20-8-11-30-57(45)66-60(41)49)32-34-55(52)62(39-15-2-1-3-16-39)54-33-31-37(35-51(54)43-18-6-9-28-53(43)63(61)58(46)47)40-22-12-26-48-44-19-7-10-29-56(44)65-59(40)48/h1-36H. The molecule has 0 aliphatic carbocycles. The van der Waals surface area contributed by atoms with Crippen molar-refractivity contribution in [2.45, 2.75) is 0 Å². The van der Waals surface area contributed by atoms with E-state index in [-0.39, 0.29) is 5.56 Å². The van der Waals surface area contributed by atoms with Gasteiger partial charge in [0.25, 0.3) is 5.56 Å². The summed E-state index contributed by atoms with van der Waals surface area (Å²) in [5, 5.41) is 6.87. The van der Waals surface area contributed by atoms with Crippen LogP contribution in [-0.2, 0) is 0 Å². The van der Waals surface area contributed by atoms with Gasteiger partial charge in [-0.2, -0.15) is 0 Å². The molecular formula is C61H36N2O3. The summed E-state index contributed by atoms with van der Waals surface area (Å²) >= 11 is 0. The van der Waals surface area contributed by atoms with Crippen molar-refractivity contribution >= 4 is 82.6 Å². The highest BCUT2D eigenvalue weighted by Gasteiger charge is 2.28. The van der Waals surface area contributed by atoms with Gasteiger partial charge in [0.1, 0.15) is 22.3 Å². The van der Waals surface area contributed by atoms with Gasteiger partial charge in [-0.1, -0.05) is 158 Å². The zero-order valence-electron chi connectivity index (χ0n) is 35.4. The monoisotopic (exact) mass is 844 g/mol. The van der Waals surface area contributed by atoms with Crippen molar-refractivity contribution in [2.75, 3.05) is 4.90 Å². The third kappa shape index (κ3) is 5.25. The van der Waals surface area contributed by atoms with Crippen LogP contribution in [0.3, 0.4) is 0 Å². The van der Waals surface area contributed by atoms with E-state index in [0.29, 0.717) is 5.39 Å². The quantitative estimate of drug-likeness (QED) is 0.166. The van der Waals surface area contributed by atoms with Crippen LogP contribution in [0.15, 0.2) is 232 Å². The zero-order chi connectivity index (χ0) is 43.5. The minimum Gasteiger partial charge on any atom is -0.455 e. The maximum atomic E-state index is 15.5. The molecule has 1 aliphatic rings. The van der Waals surface area contributed by atoms with Crippen molar-refractivity contribution in [3.8, 4) is 50.2 Å². The summed E-state index contributed by atoms with van der Waals surface area (Å²) in [6.45, 7) is 0. The third-order valence-corrected chi connectivity index (χ3v) is 13.6. The fourth-order valence-electron chi connectivity index (χ4n) is 10.6. The van der Waals surface area contributed by atoms with E-state index < -0.39 is 0 Å². The SMILES string of the molecule is O=c1c2ccccc2c2cccc3c2n1-c1ccccc1-c1cc(-c2cccc4c2oc2ccccc24)ccc1N(c1ccccc1)c1ccc(-c2cccc4c2oc2ccccc24)cc1-3. The summed E-state index contributed by atoms with van der Waals surface area (Å²) in [6, 6.07) is 76.0. The Kier molecular flexibility index (Phi) is 7.77. The molecule has 66 heavy (non-hydrogen) atoms. The third-order valence-electron chi connectivity index (χ3n) is 13.6. The van der Waals surface area contributed by atoms with Crippen LogP contribution in [0.25, 0.3) is 116 Å². The van der Waals surface area contributed by atoms with Crippen molar-refractivity contribution in [2.24, 2.45) is 0 Å². The van der Waals surface area contributed by atoms with E-state index in [1.807, 2.05) is 53.1 Å². The maximum Gasteiger partial charge on any atom is 0.263 e. The van der Waals surface area contributed by atoms with Gasteiger partial charge >= 0.3 is 0 Å². The minimum absolute atomic E-state index is 0.0759. The van der Waals surface area contributed by atoms with Crippen LogP contribution in [0.5, 0.6) is 0 Å². The Balaban J connectivity index is 1.14. The molecule has 0 bridgehead atoms. The molecule has 0 atom stereocenters. The zero-order valence-corrected chi connectivity index (χ0v) is 35.4. The lowest BCUT2D eigenvalue weighted by Gasteiger charge is -2.32. The molecule has 0 N–H and O–H groups in total. The second kappa shape index (κ2) is 14.0. The minimum atomic E-state index is -0.0759. The van der Waals surface area contributed by atoms with E-state index in [1.165, 1.54) is 0 Å². The lowest BCUT2D eigenvalue weighted by atomic mass is 9.90. The molecular weight excluding hydrogens is 809 g/mol. The Bertz CT molecular complexity index is 4210. The first-order valence-electron chi connectivity index (χ1n) is 22.3. The van der Waals surface area contributed by atoms with E-state index in [4.69, 9.17) is 8.83 Å². The van der Waals surface area contributed by atoms with Crippen LogP contribution >= 0.6 is 0 Å². The van der Waals surface area contributed by atoms with Gasteiger partial charge in [-0.05, 0) is 77.2 Å². The van der Waals surface area contributed by atoms with Gasteiger partial charge in [0, 0.05) is 71.4 Å². The smallest absolute Gasteiger partial charge is 0.263 e. The highest BCUT2D eigenvalue weighted by Crippen LogP contribution is 2.51. The molecule has 4 heterocycles. The first-order valence-corrected chi connectivity index (χ1v) is 22.3. The number of hydrogen-bond acceptors (Lipinski definition) is 4. The van der Waals surface area contributed by atoms with Gasteiger partial charge in [0.2, 0.25) is 0 Å². The maximum absolute atomic E-state index is 15.5. The molecule has 0 radical (unpaired) electrons. The fraction of sp³-hybridized carbons (Fsp3) is 0. The topological polar surface area (TPSA) is 51.5 Å². The molecule has 13 aromatic rings. The number of furan rings is 2. The summed E-state index contributed by atoms with van der Waals surface area (Å²) in [5.41, 5.74) is 15.7. The summed E-state index contributed by atoms with van der Waals surface area (Å²) < 4.78 is 15.2. The average Bonchev–Trinajstić information content (AvgIpc) is 3.96. The van der Waals surface area contributed by atoms with Gasteiger partial charge in [-0.3, -0.25) is 9.36 Å². The molecule has 14 rings (SSSR count). The molecule has 3 aromatic heterocycles. The van der Waals surface area contributed by atoms with Crippen LogP contribution in [0, 0.1) is 0 Å². The van der Waals surface area contributed by atoms with E-state index >= 15 is 4.79 Å². The molecule has 308 valence electrons. The Hall–Kier alpha value is -8.93. The largest absolute Gasteiger partial charge is 0.455 e. The Labute approximate surface area is 378 Å². The predicted octanol–water partition coefficient (Wildman–Crippen LogP) is 16.4. The van der Waals surface area contributed by atoms with E-state index in [1.54, 1.807) is 0 Å². The predicted molar refractivity (Wildman–Crippen MR) is 272 cm³/mol. The number of fused-ring (bicyclic) bond motifs is 14. The fourth-order valence-corrected chi connectivity index (χ4v) is 10.6. The van der Waals surface area contributed by atoms with Crippen molar-refractivity contribution in [3.05, 3.63) is 229 Å². The highest BCUT2D eigenvalue weighted by atomic mass is 16.3. The van der Waals surface area contributed by atoms with Gasteiger partial charge in [-0.15, -0.1) is 0 Å². The molecule has 0 fully saturated rings. The summed E-state index contributed by atoms with van der Waals surface area (Å²) in [4.78, 5) is 17.8. The molecule has 0 amide bonds. The summed E-state index contributed by atoms with van der Waals surface area (Å²) in [7, 11) is 0. The Morgan fingerprint density at radius 1 is 0.318 bits per heavy atom. The number of para-hydroxylation sites is 7. The van der Waals surface area contributed by atoms with E-state index in [2.05, 4.69) is 175 Å². The number of aromatic nitrogens is 1. The van der Waals surface area contributed by atoms with Crippen LogP contribution in [0.2, 0.25) is 0 Å². The number of benzene rings is 10. The Morgan fingerprint density at radius 2 is 0.788 bits per heavy atom. The van der Waals surface area contributed by atoms with Crippen molar-refractivity contribution in [1.29, 1.82) is 0 Å². The van der Waals surface area contributed by atoms with Crippen molar-refractivity contribution < 1.29 is 8.83 Å². The number of pyridine rings is 1. The molecule has 5 nitrogen and oxygen atoms in total. The van der Waals surface area contributed by atoms with Gasteiger partial charge in [0.05, 0.1) is 22.6 Å². The molecule has 0 unspecified atom stereocenters. The molecule has 1 aliphatic heterocycles. The molecule has 10 aromatic carbocycles. The highest BCUT2D eigenvalue weighted by molar-refractivity contribution is 6.15. The van der Waals surface area contributed by atoms with Gasteiger partial charge < -0.3 is 13.7 Å². The number of hydrogen-bond donors (Lipinski definition) is 0. The summed E-state index contributed by atoms with van der Waals surface area (Å²) in [6.07, 6.45) is 0. The van der Waals surface area contributed by atoms with Crippen molar-refractivity contribution in [3.63, 3.8) is 0 Å². The van der Waals surface area contributed by atoms with E-state index in [9.17, 15) is 0 Å². The lowest BCUT2D eigenvalue weighted by molar-refractivity contribution is 0.669. The summed E-state index contributed by atoms with van der Waals surface area (Å²) in [5.74, 6) is 0. The molecule has 0 spiro atoms. The number of anilines is 3. The normalized spacial score (nSPS) is 12.3. The molecule has 0 saturated carbocycles. The molecule has 0 saturated heterocycles. The van der Waals surface area contributed by atoms with Crippen LogP contribution < -0.4 is 10.5 Å². The lowest BCUT2D eigenvalue weighted by Crippen LogP contribution is -2.21. The van der Waals surface area contributed by atoms with E-state index in [0.717, 1.165) is 127 Å². The molecule has 5 heteroatoms. The number of nitrogens with zero attached hydrogens (tertiary/aromatic N) is 2. The average molecular weight is 845 g/mol. The van der Waals surface area contributed by atoms with Crippen LogP contribution in [-0.4, -0.2) is 4.57 Å². The first-order chi connectivity index (χ1) is 32.7. The Morgan fingerprint density at radius 3 is 1.42 bits per heavy atom.